The van der Waals surface area contributed by atoms with E-state index in [9.17, 15) is 14.4 Å². The van der Waals surface area contributed by atoms with Crippen molar-refractivity contribution in [2.75, 3.05) is 12.4 Å². The zero-order valence-corrected chi connectivity index (χ0v) is 14.3. The van der Waals surface area contributed by atoms with Crippen molar-refractivity contribution in [2.24, 2.45) is 0 Å². The first-order chi connectivity index (χ1) is 13.0. The summed E-state index contributed by atoms with van der Waals surface area (Å²) < 4.78 is 11.1. The summed E-state index contributed by atoms with van der Waals surface area (Å²) in [6, 6.07) is 4.80. The number of aryl methyl sites for hydroxylation is 1. The van der Waals surface area contributed by atoms with Gasteiger partial charge in [0.1, 0.15) is 11.8 Å². The van der Waals surface area contributed by atoms with E-state index in [-0.39, 0.29) is 11.3 Å². The zero-order chi connectivity index (χ0) is 19.1. The number of aromatic nitrogens is 3. The number of hydrogen-bond donors (Lipinski definition) is 2. The molecule has 0 fully saturated rings. The van der Waals surface area contributed by atoms with Gasteiger partial charge in [0.15, 0.2) is 11.6 Å². The van der Waals surface area contributed by atoms with Crippen molar-refractivity contribution in [1.82, 2.24) is 19.9 Å². The van der Waals surface area contributed by atoms with Crippen LogP contribution in [0.1, 0.15) is 26.3 Å². The molecule has 1 aliphatic heterocycles. The zero-order valence-electron chi connectivity index (χ0n) is 14.3. The average molecular weight is 367 g/mol. The van der Waals surface area contributed by atoms with Crippen molar-refractivity contribution in [3.05, 3.63) is 47.4 Å². The van der Waals surface area contributed by atoms with E-state index in [1.165, 1.54) is 24.1 Å². The molecule has 0 bridgehead atoms. The van der Waals surface area contributed by atoms with Crippen LogP contribution in [0.4, 0.5) is 16.3 Å². The van der Waals surface area contributed by atoms with Gasteiger partial charge >= 0.3 is 6.16 Å². The third kappa shape index (κ3) is 2.72. The standard InChI is InChI=1S/C17H13N5O5/c1-8-12(27-17(25)26-2)6-22-13(8)14(18-7-19-22)20-9-3-4-10-11(5-9)16(24)21-15(10)23/h3-7H,1-2H3,(H,18,19,20)(H,21,23,24). The van der Waals surface area contributed by atoms with Crippen molar-refractivity contribution in [3.63, 3.8) is 0 Å². The number of imide groups is 1. The molecule has 10 nitrogen and oxygen atoms in total. The fourth-order valence-electron chi connectivity index (χ4n) is 2.85. The molecule has 0 aliphatic carbocycles. The Balaban J connectivity index is 1.73. The lowest BCUT2D eigenvalue weighted by atomic mass is 10.1. The first-order valence-corrected chi connectivity index (χ1v) is 7.83. The van der Waals surface area contributed by atoms with Crippen LogP contribution in [0.25, 0.3) is 5.52 Å². The number of rotatable bonds is 3. The number of carbonyl (C=O) groups is 3. The predicted octanol–water partition coefficient (Wildman–Crippen LogP) is 1.81. The maximum absolute atomic E-state index is 11.8. The minimum atomic E-state index is -0.842. The Morgan fingerprint density at radius 1 is 1.22 bits per heavy atom. The van der Waals surface area contributed by atoms with E-state index in [1.54, 1.807) is 25.1 Å². The fourth-order valence-corrected chi connectivity index (χ4v) is 2.85. The molecule has 0 saturated carbocycles. The summed E-state index contributed by atoms with van der Waals surface area (Å²) in [7, 11) is 1.22. The number of anilines is 2. The van der Waals surface area contributed by atoms with Gasteiger partial charge in [0.2, 0.25) is 0 Å². The molecule has 0 unspecified atom stereocenters. The molecular formula is C17H13N5O5. The Morgan fingerprint density at radius 3 is 2.78 bits per heavy atom. The number of nitrogens with zero attached hydrogens (tertiary/aromatic N) is 3. The van der Waals surface area contributed by atoms with E-state index in [1.807, 2.05) is 0 Å². The van der Waals surface area contributed by atoms with Crippen LogP contribution in [0.2, 0.25) is 0 Å². The number of benzene rings is 1. The molecule has 0 saturated heterocycles. The van der Waals surface area contributed by atoms with Gasteiger partial charge in [-0.15, -0.1) is 0 Å². The summed E-state index contributed by atoms with van der Waals surface area (Å²) in [5.41, 5.74) is 2.38. The number of amides is 2. The Morgan fingerprint density at radius 2 is 2.00 bits per heavy atom. The van der Waals surface area contributed by atoms with Gasteiger partial charge in [-0.1, -0.05) is 0 Å². The minimum absolute atomic E-state index is 0.282. The van der Waals surface area contributed by atoms with Gasteiger partial charge in [-0.2, -0.15) is 5.10 Å². The van der Waals surface area contributed by atoms with Gasteiger partial charge in [0.05, 0.1) is 24.4 Å². The quantitative estimate of drug-likeness (QED) is 0.530. The Labute approximate surface area is 152 Å². The highest BCUT2D eigenvalue weighted by Crippen LogP contribution is 2.30. The van der Waals surface area contributed by atoms with Gasteiger partial charge in [-0.05, 0) is 25.1 Å². The summed E-state index contributed by atoms with van der Waals surface area (Å²) in [6.07, 6.45) is 2.02. The highest BCUT2D eigenvalue weighted by Gasteiger charge is 2.27. The van der Waals surface area contributed by atoms with Crippen LogP contribution in [-0.2, 0) is 4.74 Å². The molecule has 2 aromatic heterocycles. The Kier molecular flexibility index (Phi) is 3.73. The second-order valence-electron chi connectivity index (χ2n) is 5.74. The van der Waals surface area contributed by atoms with Crippen molar-refractivity contribution >= 4 is 35.0 Å². The monoisotopic (exact) mass is 367 g/mol. The smallest absolute Gasteiger partial charge is 0.437 e. The Bertz CT molecular complexity index is 1120. The van der Waals surface area contributed by atoms with E-state index < -0.39 is 18.0 Å². The Hall–Kier alpha value is -3.95. The van der Waals surface area contributed by atoms with E-state index >= 15 is 0 Å². The van der Waals surface area contributed by atoms with E-state index in [2.05, 4.69) is 25.5 Å². The van der Waals surface area contributed by atoms with Gasteiger partial charge in [-0.3, -0.25) is 14.9 Å². The molecule has 0 radical (unpaired) electrons. The predicted molar refractivity (Wildman–Crippen MR) is 92.3 cm³/mol. The van der Waals surface area contributed by atoms with Gasteiger partial charge < -0.3 is 14.8 Å². The number of ether oxygens (including phenoxy) is 2. The van der Waals surface area contributed by atoms with Crippen molar-refractivity contribution in [1.29, 1.82) is 0 Å². The molecule has 3 heterocycles. The third-order valence-electron chi connectivity index (χ3n) is 4.14. The first-order valence-electron chi connectivity index (χ1n) is 7.83. The second kappa shape index (κ2) is 6.09. The highest BCUT2D eigenvalue weighted by molar-refractivity contribution is 6.21. The van der Waals surface area contributed by atoms with E-state index in [0.717, 1.165) is 0 Å². The summed E-state index contributed by atoms with van der Waals surface area (Å²) >= 11 is 0. The molecule has 27 heavy (non-hydrogen) atoms. The molecule has 0 atom stereocenters. The number of carbonyl (C=O) groups excluding carboxylic acids is 3. The number of nitrogens with one attached hydrogen (secondary N) is 2. The number of methoxy groups -OCH3 is 1. The molecule has 3 aromatic rings. The summed E-state index contributed by atoms with van der Waals surface area (Å²) in [4.78, 5) is 39.1. The van der Waals surface area contributed by atoms with Crippen LogP contribution >= 0.6 is 0 Å². The van der Waals surface area contributed by atoms with Crippen LogP contribution in [0.15, 0.2) is 30.7 Å². The SMILES string of the molecule is COC(=O)Oc1cn2ncnc(Nc3ccc4c(c3)C(=O)NC4=O)c2c1C. The molecule has 10 heteroatoms. The molecule has 4 rings (SSSR count). The topological polar surface area (TPSA) is 124 Å². The molecular weight excluding hydrogens is 354 g/mol. The van der Waals surface area contributed by atoms with E-state index in [0.29, 0.717) is 28.1 Å². The van der Waals surface area contributed by atoms with Crippen molar-refractivity contribution in [2.45, 2.75) is 6.92 Å². The molecule has 136 valence electrons. The first kappa shape index (κ1) is 16.5. The molecule has 2 amide bonds. The lowest BCUT2D eigenvalue weighted by Gasteiger charge is -2.08. The average Bonchev–Trinajstić information content (AvgIpc) is 3.12. The number of hydrogen-bond acceptors (Lipinski definition) is 8. The normalized spacial score (nSPS) is 12.7. The van der Waals surface area contributed by atoms with Gasteiger partial charge in [-0.25, -0.2) is 14.3 Å². The minimum Gasteiger partial charge on any atom is -0.437 e. The second-order valence-corrected chi connectivity index (χ2v) is 5.74. The fraction of sp³-hybridized carbons (Fsp3) is 0.118. The maximum Gasteiger partial charge on any atom is 0.513 e. The third-order valence-corrected chi connectivity index (χ3v) is 4.14. The summed E-state index contributed by atoms with van der Waals surface area (Å²) in [6.45, 7) is 1.75. The van der Waals surface area contributed by atoms with Crippen LogP contribution < -0.4 is 15.4 Å². The molecule has 0 spiro atoms. The van der Waals surface area contributed by atoms with Crippen LogP contribution in [0.3, 0.4) is 0 Å². The molecule has 1 aromatic carbocycles. The largest absolute Gasteiger partial charge is 0.513 e. The van der Waals surface area contributed by atoms with Crippen LogP contribution in [0.5, 0.6) is 5.75 Å². The van der Waals surface area contributed by atoms with Crippen LogP contribution in [-0.4, -0.2) is 39.7 Å². The van der Waals surface area contributed by atoms with Gasteiger partial charge in [0.25, 0.3) is 11.8 Å². The summed E-state index contributed by atoms with van der Waals surface area (Å²) in [5.74, 6) is -0.145. The van der Waals surface area contributed by atoms with Crippen molar-refractivity contribution in [3.8, 4) is 5.75 Å². The molecule has 2 N–H and O–H groups in total. The maximum atomic E-state index is 11.8. The van der Waals surface area contributed by atoms with Gasteiger partial charge in [0, 0.05) is 11.3 Å². The van der Waals surface area contributed by atoms with E-state index in [4.69, 9.17) is 4.74 Å². The van der Waals surface area contributed by atoms with Crippen molar-refractivity contribution < 1.29 is 23.9 Å². The lowest BCUT2D eigenvalue weighted by Crippen LogP contribution is -2.19. The lowest BCUT2D eigenvalue weighted by molar-refractivity contribution is 0.0879. The molecule has 1 aliphatic rings. The highest BCUT2D eigenvalue weighted by atomic mass is 16.7. The van der Waals surface area contributed by atoms with Crippen LogP contribution in [0, 0.1) is 6.92 Å². The summed E-state index contributed by atoms with van der Waals surface area (Å²) in [5, 5.41) is 9.44. The number of fused-ring (bicyclic) bond motifs is 2.